The van der Waals surface area contributed by atoms with Gasteiger partial charge in [-0.2, -0.15) is 0 Å². The zero-order valence-electron chi connectivity index (χ0n) is 12.8. The molecule has 4 nitrogen and oxygen atoms in total. The van der Waals surface area contributed by atoms with Crippen molar-refractivity contribution in [3.05, 3.63) is 88.5 Å². The lowest BCUT2D eigenvalue weighted by atomic mass is 10.1. The minimum Gasteiger partial charge on any atom is -0.335 e. The second-order valence-corrected chi connectivity index (χ2v) is 6.59. The summed E-state index contributed by atoms with van der Waals surface area (Å²) in [6, 6.07) is 23.3. The molecule has 0 saturated heterocycles. The summed E-state index contributed by atoms with van der Waals surface area (Å²) >= 11 is 1.73. The Morgan fingerprint density at radius 1 is 0.833 bits per heavy atom. The molecule has 0 fully saturated rings. The Morgan fingerprint density at radius 3 is 2.00 bits per heavy atom. The number of hydrogen-bond donors (Lipinski definition) is 0. The average Bonchev–Trinajstić information content (AvgIpc) is 2.62. The highest BCUT2D eigenvalue weighted by atomic mass is 32.2. The third kappa shape index (κ3) is 2.53. The summed E-state index contributed by atoms with van der Waals surface area (Å²) in [6.45, 7) is 0.464. The van der Waals surface area contributed by atoms with Gasteiger partial charge in [-0.15, -0.1) is 0 Å². The first-order valence-electron chi connectivity index (χ1n) is 7.60. The number of hydrogen-bond acceptors (Lipinski definition) is 4. The van der Waals surface area contributed by atoms with E-state index < -0.39 is 0 Å². The van der Waals surface area contributed by atoms with Gasteiger partial charge in [-0.25, -0.2) is 0 Å². The average molecular weight is 334 g/mol. The third-order valence-corrected chi connectivity index (χ3v) is 5.18. The van der Waals surface area contributed by atoms with E-state index in [1.165, 1.54) is 0 Å². The molecule has 1 heterocycles. The standard InChI is InChI=1S/C19H14N2O2S/c22-21(23)15-8-2-1-7-14(15)13-20-16-9-3-5-11-18(16)24-19-12-6-4-10-17(19)20/h1-12H,13H2. The molecule has 0 N–H and O–H groups in total. The van der Waals surface area contributed by atoms with Crippen molar-refractivity contribution in [1.82, 2.24) is 0 Å². The smallest absolute Gasteiger partial charge is 0.274 e. The van der Waals surface area contributed by atoms with Crippen LogP contribution in [0.3, 0.4) is 0 Å². The minimum absolute atomic E-state index is 0.158. The van der Waals surface area contributed by atoms with Gasteiger partial charge < -0.3 is 4.90 Å². The first kappa shape index (κ1) is 14.8. The lowest BCUT2D eigenvalue weighted by Crippen LogP contribution is -2.20. The van der Waals surface area contributed by atoms with Gasteiger partial charge in [0.15, 0.2) is 0 Å². The fraction of sp³-hybridized carbons (Fsp3) is 0.0526. The quantitative estimate of drug-likeness (QED) is 0.475. The van der Waals surface area contributed by atoms with Gasteiger partial charge in [-0.1, -0.05) is 54.2 Å². The molecule has 0 saturated carbocycles. The van der Waals surface area contributed by atoms with Crippen molar-refractivity contribution in [3.8, 4) is 0 Å². The number of fused-ring (bicyclic) bond motifs is 2. The molecule has 0 spiro atoms. The lowest BCUT2D eigenvalue weighted by Gasteiger charge is -2.32. The van der Waals surface area contributed by atoms with E-state index in [0.717, 1.165) is 21.2 Å². The van der Waals surface area contributed by atoms with Crippen LogP contribution in [0.1, 0.15) is 5.56 Å². The van der Waals surface area contributed by atoms with Gasteiger partial charge in [0.05, 0.1) is 22.8 Å². The van der Waals surface area contributed by atoms with Crippen molar-refractivity contribution in [1.29, 1.82) is 0 Å². The summed E-state index contributed by atoms with van der Waals surface area (Å²) in [5.41, 5.74) is 3.03. The maximum atomic E-state index is 11.3. The van der Waals surface area contributed by atoms with Crippen LogP contribution in [0.4, 0.5) is 17.1 Å². The van der Waals surface area contributed by atoms with Crippen LogP contribution in [0, 0.1) is 10.1 Å². The van der Waals surface area contributed by atoms with Crippen molar-refractivity contribution in [3.63, 3.8) is 0 Å². The molecule has 24 heavy (non-hydrogen) atoms. The van der Waals surface area contributed by atoms with E-state index in [1.807, 2.05) is 36.4 Å². The second kappa shape index (κ2) is 6.02. The summed E-state index contributed by atoms with van der Waals surface area (Å²) in [5.74, 6) is 0. The van der Waals surface area contributed by atoms with Crippen molar-refractivity contribution in [2.24, 2.45) is 0 Å². The zero-order valence-corrected chi connectivity index (χ0v) is 13.6. The van der Waals surface area contributed by atoms with Crippen molar-refractivity contribution in [2.75, 3.05) is 4.90 Å². The van der Waals surface area contributed by atoms with Crippen LogP contribution < -0.4 is 4.90 Å². The van der Waals surface area contributed by atoms with E-state index in [1.54, 1.807) is 23.9 Å². The van der Waals surface area contributed by atoms with Crippen LogP contribution in [-0.4, -0.2) is 4.92 Å². The molecule has 5 heteroatoms. The Bertz CT molecular complexity index is 881. The van der Waals surface area contributed by atoms with Gasteiger partial charge >= 0.3 is 0 Å². The highest BCUT2D eigenvalue weighted by Gasteiger charge is 2.25. The van der Waals surface area contributed by atoms with Gasteiger partial charge in [-0.3, -0.25) is 10.1 Å². The number of benzene rings is 3. The zero-order chi connectivity index (χ0) is 16.5. The molecule has 3 aromatic rings. The largest absolute Gasteiger partial charge is 0.335 e. The van der Waals surface area contributed by atoms with Crippen LogP contribution in [-0.2, 0) is 6.54 Å². The fourth-order valence-electron chi connectivity index (χ4n) is 2.94. The van der Waals surface area contributed by atoms with Crippen LogP contribution in [0.2, 0.25) is 0 Å². The Hall–Kier alpha value is -2.79. The van der Waals surface area contributed by atoms with Crippen molar-refractivity contribution in [2.45, 2.75) is 16.3 Å². The molecule has 0 aliphatic carbocycles. The molecular formula is C19H14N2O2S. The molecule has 0 aromatic heterocycles. The predicted molar refractivity (Wildman–Crippen MR) is 95.9 cm³/mol. The van der Waals surface area contributed by atoms with Crippen LogP contribution in [0.5, 0.6) is 0 Å². The van der Waals surface area contributed by atoms with E-state index in [-0.39, 0.29) is 10.6 Å². The van der Waals surface area contributed by atoms with E-state index in [0.29, 0.717) is 12.1 Å². The molecule has 0 bridgehead atoms. The summed E-state index contributed by atoms with van der Waals surface area (Å²) in [7, 11) is 0. The summed E-state index contributed by atoms with van der Waals surface area (Å²) in [6.07, 6.45) is 0. The molecule has 1 aliphatic rings. The number of nitrogens with zero attached hydrogens (tertiary/aromatic N) is 2. The van der Waals surface area contributed by atoms with Crippen LogP contribution in [0.25, 0.3) is 0 Å². The number of nitro groups is 1. The van der Waals surface area contributed by atoms with Crippen molar-refractivity contribution >= 4 is 28.8 Å². The summed E-state index contributed by atoms with van der Waals surface area (Å²) < 4.78 is 0. The van der Waals surface area contributed by atoms with E-state index in [2.05, 4.69) is 29.2 Å². The molecule has 4 rings (SSSR count). The molecule has 0 radical (unpaired) electrons. The molecular weight excluding hydrogens is 320 g/mol. The van der Waals surface area contributed by atoms with Gasteiger partial charge in [0, 0.05) is 21.4 Å². The maximum absolute atomic E-state index is 11.3. The van der Waals surface area contributed by atoms with Crippen molar-refractivity contribution < 1.29 is 4.92 Å². The SMILES string of the molecule is O=[N+]([O-])c1ccccc1CN1c2ccccc2Sc2ccccc21. The van der Waals surface area contributed by atoms with Gasteiger partial charge in [-0.05, 0) is 24.3 Å². The first-order valence-corrected chi connectivity index (χ1v) is 8.41. The van der Waals surface area contributed by atoms with Crippen LogP contribution >= 0.6 is 11.8 Å². The fourth-order valence-corrected chi connectivity index (χ4v) is 4.04. The second-order valence-electron chi connectivity index (χ2n) is 5.51. The highest BCUT2D eigenvalue weighted by Crippen LogP contribution is 2.48. The van der Waals surface area contributed by atoms with Crippen LogP contribution in [0.15, 0.2) is 82.6 Å². The molecule has 0 amide bonds. The monoisotopic (exact) mass is 334 g/mol. The first-order chi connectivity index (χ1) is 11.7. The van der Waals surface area contributed by atoms with E-state index >= 15 is 0 Å². The number of nitro benzene ring substituents is 1. The summed E-state index contributed by atoms with van der Waals surface area (Å²) in [5, 5.41) is 11.3. The molecule has 1 aliphatic heterocycles. The Kier molecular flexibility index (Phi) is 3.70. The minimum atomic E-state index is -0.314. The van der Waals surface area contributed by atoms with Gasteiger partial charge in [0.25, 0.3) is 5.69 Å². The molecule has 0 unspecified atom stereocenters. The number of para-hydroxylation sites is 3. The summed E-state index contributed by atoms with van der Waals surface area (Å²) in [4.78, 5) is 15.5. The lowest BCUT2D eigenvalue weighted by molar-refractivity contribution is -0.385. The number of rotatable bonds is 3. The van der Waals surface area contributed by atoms with E-state index in [9.17, 15) is 10.1 Å². The van der Waals surface area contributed by atoms with E-state index in [4.69, 9.17) is 0 Å². The molecule has 118 valence electrons. The third-order valence-electron chi connectivity index (χ3n) is 4.05. The normalized spacial score (nSPS) is 12.4. The molecule has 3 aromatic carbocycles. The molecule has 0 atom stereocenters. The maximum Gasteiger partial charge on any atom is 0.274 e. The predicted octanol–water partition coefficient (Wildman–Crippen LogP) is 5.40. The number of anilines is 2. The Labute approximate surface area is 143 Å². The van der Waals surface area contributed by atoms with Gasteiger partial charge in [0.1, 0.15) is 0 Å². The Morgan fingerprint density at radius 2 is 1.38 bits per heavy atom. The highest BCUT2D eigenvalue weighted by molar-refractivity contribution is 7.99. The van der Waals surface area contributed by atoms with Gasteiger partial charge in [0.2, 0.25) is 0 Å². The topological polar surface area (TPSA) is 46.4 Å². The Balaban J connectivity index is 1.83.